The van der Waals surface area contributed by atoms with Crippen LogP contribution in [0.4, 0.5) is 5.69 Å². The molecule has 0 bridgehead atoms. The van der Waals surface area contributed by atoms with Gasteiger partial charge in [0.15, 0.2) is 5.11 Å². The summed E-state index contributed by atoms with van der Waals surface area (Å²) in [5, 5.41) is 8.53. The highest BCUT2D eigenvalue weighted by Crippen LogP contribution is 2.23. The Morgan fingerprint density at radius 2 is 1.91 bits per heavy atom. The Morgan fingerprint density at radius 3 is 2.59 bits per heavy atom. The van der Waals surface area contributed by atoms with Crippen LogP contribution >= 0.6 is 12.2 Å². The van der Waals surface area contributed by atoms with Gasteiger partial charge >= 0.3 is 0 Å². The first-order chi connectivity index (χ1) is 10.6. The minimum Gasteiger partial charge on any atom is -0.355 e. The van der Waals surface area contributed by atoms with Crippen LogP contribution in [0.25, 0.3) is 0 Å². The van der Waals surface area contributed by atoms with E-state index in [-0.39, 0.29) is 22.8 Å². The van der Waals surface area contributed by atoms with Crippen molar-refractivity contribution in [2.45, 2.75) is 32.1 Å². The number of rotatable bonds is 3. The summed E-state index contributed by atoms with van der Waals surface area (Å²) in [4.78, 5) is 23.7. The van der Waals surface area contributed by atoms with Crippen LogP contribution in [-0.2, 0) is 4.79 Å². The van der Waals surface area contributed by atoms with Gasteiger partial charge in [0.1, 0.15) is 0 Å². The summed E-state index contributed by atoms with van der Waals surface area (Å²) in [5.74, 6) is -0.119. The van der Waals surface area contributed by atoms with Crippen LogP contribution in [-0.4, -0.2) is 24.0 Å². The molecule has 0 spiro atoms. The van der Waals surface area contributed by atoms with Crippen molar-refractivity contribution in [1.82, 2.24) is 10.6 Å². The minimum absolute atomic E-state index is 0.0142. The smallest absolute Gasteiger partial charge is 0.251 e. The molecule has 118 valence electrons. The summed E-state index contributed by atoms with van der Waals surface area (Å²) in [6, 6.07) is 6.97. The molecule has 5 nitrogen and oxygen atoms in total. The summed E-state index contributed by atoms with van der Waals surface area (Å²) < 4.78 is 0. The Labute approximate surface area is 135 Å². The highest BCUT2D eigenvalue weighted by atomic mass is 32.1. The maximum absolute atomic E-state index is 12.1. The predicted molar refractivity (Wildman–Crippen MR) is 90.8 cm³/mol. The van der Waals surface area contributed by atoms with E-state index in [0.717, 1.165) is 25.7 Å². The molecule has 1 saturated carbocycles. The summed E-state index contributed by atoms with van der Waals surface area (Å²) in [5.41, 5.74) is 1.21. The van der Waals surface area contributed by atoms with E-state index < -0.39 is 0 Å². The molecule has 0 unspecified atom stereocenters. The number of anilines is 1. The molecule has 2 amide bonds. The van der Waals surface area contributed by atoms with Crippen molar-refractivity contribution >= 4 is 34.8 Å². The zero-order valence-electron chi connectivity index (χ0n) is 12.6. The fourth-order valence-corrected chi connectivity index (χ4v) is 2.84. The molecule has 6 heteroatoms. The number of nitrogens with one attached hydrogen (secondary N) is 3. The molecule has 0 saturated heterocycles. The second kappa shape index (κ2) is 7.89. The largest absolute Gasteiger partial charge is 0.355 e. The van der Waals surface area contributed by atoms with Crippen LogP contribution in [0.2, 0.25) is 0 Å². The maximum atomic E-state index is 12.1. The maximum Gasteiger partial charge on any atom is 0.251 e. The van der Waals surface area contributed by atoms with E-state index in [2.05, 4.69) is 16.0 Å². The number of amides is 2. The van der Waals surface area contributed by atoms with E-state index in [4.69, 9.17) is 12.2 Å². The Hall–Kier alpha value is -1.95. The molecule has 2 rings (SSSR count). The number of hydrogen-bond donors (Lipinski definition) is 3. The van der Waals surface area contributed by atoms with Gasteiger partial charge in [-0.15, -0.1) is 0 Å². The van der Waals surface area contributed by atoms with Crippen LogP contribution in [0.5, 0.6) is 0 Å². The normalized spacial score (nSPS) is 15.0. The van der Waals surface area contributed by atoms with Gasteiger partial charge in [0.25, 0.3) is 5.91 Å². The third-order valence-electron chi connectivity index (χ3n) is 3.82. The van der Waals surface area contributed by atoms with Gasteiger partial charge in [0, 0.05) is 24.2 Å². The Bertz CT molecular complexity index is 568. The van der Waals surface area contributed by atoms with Gasteiger partial charge < -0.3 is 16.0 Å². The first-order valence-electron chi connectivity index (χ1n) is 7.54. The van der Waals surface area contributed by atoms with Gasteiger partial charge in [-0.1, -0.05) is 25.3 Å². The number of carbonyl (C=O) groups excluding carboxylic acids is 2. The van der Waals surface area contributed by atoms with Crippen molar-refractivity contribution in [1.29, 1.82) is 0 Å². The van der Waals surface area contributed by atoms with Crippen molar-refractivity contribution in [3.8, 4) is 0 Å². The molecule has 0 radical (unpaired) electrons. The summed E-state index contributed by atoms with van der Waals surface area (Å²) in [7, 11) is 1.58. The van der Waals surface area contributed by atoms with Crippen LogP contribution in [0.3, 0.4) is 0 Å². The highest BCUT2D eigenvalue weighted by Gasteiger charge is 2.21. The lowest BCUT2D eigenvalue weighted by molar-refractivity contribution is -0.124. The van der Waals surface area contributed by atoms with Crippen molar-refractivity contribution in [3.05, 3.63) is 29.8 Å². The van der Waals surface area contributed by atoms with E-state index >= 15 is 0 Å². The van der Waals surface area contributed by atoms with Crippen molar-refractivity contribution in [2.75, 3.05) is 12.4 Å². The van der Waals surface area contributed by atoms with E-state index in [1.807, 2.05) is 0 Å². The lowest BCUT2D eigenvalue weighted by Gasteiger charge is -2.21. The Balaban J connectivity index is 1.91. The number of thiocarbonyl (C=S) groups is 1. The lowest BCUT2D eigenvalue weighted by Crippen LogP contribution is -2.39. The highest BCUT2D eigenvalue weighted by molar-refractivity contribution is 7.80. The van der Waals surface area contributed by atoms with Gasteiger partial charge in [0.05, 0.1) is 0 Å². The molecule has 1 aromatic carbocycles. The number of benzene rings is 1. The zero-order valence-corrected chi connectivity index (χ0v) is 13.5. The van der Waals surface area contributed by atoms with Gasteiger partial charge in [0.2, 0.25) is 5.91 Å². The third-order valence-corrected chi connectivity index (χ3v) is 4.03. The minimum atomic E-state index is -0.166. The average molecular weight is 319 g/mol. The van der Waals surface area contributed by atoms with Crippen molar-refractivity contribution < 1.29 is 9.59 Å². The van der Waals surface area contributed by atoms with Gasteiger partial charge in [-0.25, -0.2) is 0 Å². The van der Waals surface area contributed by atoms with Gasteiger partial charge in [-0.2, -0.15) is 0 Å². The standard InChI is InChI=1S/C16H21N3O2S/c1-17-14(20)12-8-5-9-13(10-12)18-16(22)19-15(21)11-6-3-2-4-7-11/h5,8-11H,2-4,6-7H2,1H3,(H,17,20)(H2,18,19,21,22). The zero-order chi connectivity index (χ0) is 15.9. The molecule has 3 N–H and O–H groups in total. The molecule has 22 heavy (non-hydrogen) atoms. The fourth-order valence-electron chi connectivity index (χ4n) is 2.62. The monoisotopic (exact) mass is 319 g/mol. The molecule has 0 atom stereocenters. The Morgan fingerprint density at radius 1 is 1.18 bits per heavy atom. The van der Waals surface area contributed by atoms with E-state index in [0.29, 0.717) is 11.3 Å². The van der Waals surface area contributed by atoms with Crippen LogP contribution in [0, 0.1) is 5.92 Å². The molecule has 1 aliphatic rings. The average Bonchev–Trinajstić information content (AvgIpc) is 2.55. The quantitative estimate of drug-likeness (QED) is 0.749. The molecule has 1 aromatic rings. The molecule has 1 fully saturated rings. The lowest BCUT2D eigenvalue weighted by atomic mass is 9.89. The third kappa shape index (κ3) is 4.53. The van der Waals surface area contributed by atoms with Crippen molar-refractivity contribution in [3.63, 3.8) is 0 Å². The Kier molecular flexibility index (Phi) is 5.89. The van der Waals surface area contributed by atoms with E-state index in [1.165, 1.54) is 6.42 Å². The molecule has 0 aliphatic heterocycles. The van der Waals surface area contributed by atoms with Crippen LogP contribution < -0.4 is 16.0 Å². The first kappa shape index (κ1) is 16.4. The van der Waals surface area contributed by atoms with Gasteiger partial charge in [-0.05, 0) is 43.3 Å². The van der Waals surface area contributed by atoms with Crippen LogP contribution in [0.15, 0.2) is 24.3 Å². The van der Waals surface area contributed by atoms with E-state index in [9.17, 15) is 9.59 Å². The molecular formula is C16H21N3O2S. The second-order valence-corrected chi connectivity index (χ2v) is 5.85. The second-order valence-electron chi connectivity index (χ2n) is 5.44. The predicted octanol–water partition coefficient (Wildman–Crippen LogP) is 2.44. The van der Waals surface area contributed by atoms with Crippen molar-refractivity contribution in [2.24, 2.45) is 5.92 Å². The summed E-state index contributed by atoms with van der Waals surface area (Å²) >= 11 is 5.18. The number of hydrogen-bond acceptors (Lipinski definition) is 3. The SMILES string of the molecule is CNC(=O)c1cccc(NC(=S)NC(=O)C2CCCCC2)c1. The van der Waals surface area contributed by atoms with Gasteiger partial charge in [-0.3, -0.25) is 9.59 Å². The fraction of sp³-hybridized carbons (Fsp3) is 0.438. The topological polar surface area (TPSA) is 70.2 Å². The van der Waals surface area contributed by atoms with Crippen LogP contribution in [0.1, 0.15) is 42.5 Å². The molecule has 1 aliphatic carbocycles. The summed E-state index contributed by atoms with van der Waals surface area (Å²) in [6.07, 6.45) is 5.28. The van der Waals surface area contributed by atoms with E-state index in [1.54, 1.807) is 31.3 Å². The first-order valence-corrected chi connectivity index (χ1v) is 7.95. The summed E-state index contributed by atoms with van der Waals surface area (Å²) in [6.45, 7) is 0. The molecular weight excluding hydrogens is 298 g/mol. The molecule has 0 heterocycles. The molecule has 0 aromatic heterocycles. The number of carbonyl (C=O) groups is 2.